The van der Waals surface area contributed by atoms with Crippen molar-refractivity contribution in [3.05, 3.63) is 29.8 Å². The van der Waals surface area contributed by atoms with Gasteiger partial charge in [0, 0.05) is 19.1 Å². The molecule has 0 aliphatic carbocycles. The van der Waals surface area contributed by atoms with E-state index in [0.717, 1.165) is 0 Å². The summed E-state index contributed by atoms with van der Waals surface area (Å²) in [5.41, 5.74) is 6.27. The second kappa shape index (κ2) is 8.10. The molecule has 8 heteroatoms. The van der Waals surface area contributed by atoms with Crippen LogP contribution in [0, 0.1) is 5.92 Å². The molecule has 1 heterocycles. The Morgan fingerprint density at radius 2 is 1.96 bits per heavy atom. The number of rotatable bonds is 4. The molecule has 1 fully saturated rings. The van der Waals surface area contributed by atoms with Crippen LogP contribution in [0.3, 0.4) is 0 Å². The standard InChI is InChI=1S/C15H22N2O4S.ClH/c1-3-21-15(18)12-4-6-13(7-5-12)22(19,20)17-9-8-14(16)11(2)10-17;/h4-7,11,14H,3,8-10,16H2,1-2H3;1H. The molecule has 2 N–H and O–H groups in total. The number of piperidine rings is 1. The molecule has 0 radical (unpaired) electrons. The summed E-state index contributed by atoms with van der Waals surface area (Å²) in [6, 6.07) is 5.88. The third-order valence-corrected chi connectivity index (χ3v) is 5.82. The first kappa shape index (κ1) is 19.9. The van der Waals surface area contributed by atoms with Crippen LogP contribution >= 0.6 is 12.4 Å². The van der Waals surface area contributed by atoms with E-state index in [4.69, 9.17) is 10.5 Å². The molecule has 1 saturated heterocycles. The maximum absolute atomic E-state index is 12.6. The molecular weight excluding hydrogens is 340 g/mol. The number of hydrogen-bond acceptors (Lipinski definition) is 5. The highest BCUT2D eigenvalue weighted by Crippen LogP contribution is 2.23. The van der Waals surface area contributed by atoms with Gasteiger partial charge in [0.25, 0.3) is 0 Å². The topological polar surface area (TPSA) is 89.7 Å². The second-order valence-electron chi connectivity index (χ2n) is 5.54. The van der Waals surface area contributed by atoms with Gasteiger partial charge in [-0.05, 0) is 43.5 Å². The van der Waals surface area contributed by atoms with E-state index < -0.39 is 16.0 Å². The molecule has 0 amide bonds. The Balaban J connectivity index is 0.00000264. The quantitative estimate of drug-likeness (QED) is 0.822. The highest BCUT2D eigenvalue weighted by molar-refractivity contribution is 7.89. The fraction of sp³-hybridized carbons (Fsp3) is 0.533. The number of benzene rings is 1. The Hall–Kier alpha value is -1.15. The van der Waals surface area contributed by atoms with E-state index in [9.17, 15) is 13.2 Å². The van der Waals surface area contributed by atoms with E-state index >= 15 is 0 Å². The Morgan fingerprint density at radius 1 is 1.35 bits per heavy atom. The summed E-state index contributed by atoms with van der Waals surface area (Å²) in [4.78, 5) is 11.8. The Bertz CT molecular complexity index is 633. The third-order valence-electron chi connectivity index (χ3n) is 3.94. The van der Waals surface area contributed by atoms with Crippen LogP contribution in [0.4, 0.5) is 0 Å². The molecule has 130 valence electrons. The molecular formula is C15H23ClN2O4S. The van der Waals surface area contributed by atoms with E-state index in [1.807, 2.05) is 6.92 Å². The van der Waals surface area contributed by atoms with Gasteiger partial charge in [-0.15, -0.1) is 12.4 Å². The van der Waals surface area contributed by atoms with Crippen LogP contribution in [0.2, 0.25) is 0 Å². The predicted octanol–water partition coefficient (Wildman–Crippen LogP) is 1.64. The van der Waals surface area contributed by atoms with Crippen LogP contribution < -0.4 is 5.73 Å². The van der Waals surface area contributed by atoms with Gasteiger partial charge in [-0.1, -0.05) is 6.92 Å². The number of nitrogens with two attached hydrogens (primary N) is 1. The van der Waals surface area contributed by atoms with Gasteiger partial charge in [0.2, 0.25) is 10.0 Å². The lowest BCUT2D eigenvalue weighted by Gasteiger charge is -2.34. The fourth-order valence-electron chi connectivity index (χ4n) is 2.47. The van der Waals surface area contributed by atoms with Crippen molar-refractivity contribution in [1.29, 1.82) is 0 Å². The summed E-state index contributed by atoms with van der Waals surface area (Å²) < 4.78 is 31.6. The largest absolute Gasteiger partial charge is 0.462 e. The average molecular weight is 363 g/mol. The zero-order valence-electron chi connectivity index (χ0n) is 13.3. The molecule has 2 unspecified atom stereocenters. The van der Waals surface area contributed by atoms with Crippen molar-refractivity contribution in [2.45, 2.75) is 31.2 Å². The van der Waals surface area contributed by atoms with Crippen LogP contribution in [0.25, 0.3) is 0 Å². The molecule has 2 atom stereocenters. The van der Waals surface area contributed by atoms with Crippen molar-refractivity contribution in [2.24, 2.45) is 11.7 Å². The summed E-state index contributed by atoms with van der Waals surface area (Å²) in [6.45, 7) is 4.80. The van der Waals surface area contributed by atoms with Gasteiger partial charge in [0.1, 0.15) is 0 Å². The van der Waals surface area contributed by atoms with E-state index in [-0.39, 0.29) is 35.9 Å². The highest BCUT2D eigenvalue weighted by Gasteiger charge is 2.32. The molecule has 0 bridgehead atoms. The SMILES string of the molecule is CCOC(=O)c1ccc(S(=O)(=O)N2CCC(N)C(C)C2)cc1.Cl. The molecule has 0 aromatic heterocycles. The van der Waals surface area contributed by atoms with E-state index in [0.29, 0.717) is 25.1 Å². The summed E-state index contributed by atoms with van der Waals surface area (Å²) in [5, 5.41) is 0. The average Bonchev–Trinajstić information content (AvgIpc) is 2.50. The maximum atomic E-state index is 12.6. The predicted molar refractivity (Wildman–Crippen MR) is 90.2 cm³/mol. The van der Waals surface area contributed by atoms with Gasteiger partial charge < -0.3 is 10.5 Å². The van der Waals surface area contributed by atoms with Crippen molar-refractivity contribution in [1.82, 2.24) is 4.31 Å². The van der Waals surface area contributed by atoms with E-state index in [2.05, 4.69) is 0 Å². The number of sulfonamides is 1. The van der Waals surface area contributed by atoms with Gasteiger partial charge >= 0.3 is 5.97 Å². The summed E-state index contributed by atoms with van der Waals surface area (Å²) in [7, 11) is -3.55. The number of carbonyl (C=O) groups is 1. The zero-order valence-corrected chi connectivity index (χ0v) is 14.9. The third kappa shape index (κ3) is 4.44. The second-order valence-corrected chi connectivity index (χ2v) is 7.48. The van der Waals surface area contributed by atoms with Crippen LogP contribution in [0.15, 0.2) is 29.2 Å². The molecule has 0 spiro atoms. The molecule has 2 rings (SSSR count). The van der Waals surface area contributed by atoms with Gasteiger partial charge in [0.05, 0.1) is 17.1 Å². The first-order valence-electron chi connectivity index (χ1n) is 7.39. The van der Waals surface area contributed by atoms with Crippen molar-refractivity contribution < 1.29 is 17.9 Å². The highest BCUT2D eigenvalue weighted by atomic mass is 35.5. The Morgan fingerprint density at radius 3 is 2.48 bits per heavy atom. The van der Waals surface area contributed by atoms with Gasteiger partial charge in [0.15, 0.2) is 0 Å². The minimum absolute atomic E-state index is 0. The normalized spacial score (nSPS) is 22.2. The summed E-state index contributed by atoms with van der Waals surface area (Å²) >= 11 is 0. The minimum Gasteiger partial charge on any atom is -0.462 e. The summed E-state index contributed by atoms with van der Waals surface area (Å²) in [6.07, 6.45) is 0.654. The number of nitrogens with zero attached hydrogens (tertiary/aromatic N) is 1. The van der Waals surface area contributed by atoms with Crippen molar-refractivity contribution in [3.63, 3.8) is 0 Å². The molecule has 1 aliphatic heterocycles. The molecule has 1 aliphatic rings. The fourth-order valence-corrected chi connectivity index (χ4v) is 4.03. The van der Waals surface area contributed by atoms with Crippen LogP contribution in [0.1, 0.15) is 30.6 Å². The lowest BCUT2D eigenvalue weighted by atomic mass is 9.96. The van der Waals surface area contributed by atoms with Gasteiger partial charge in [-0.3, -0.25) is 0 Å². The van der Waals surface area contributed by atoms with Crippen molar-refractivity contribution in [2.75, 3.05) is 19.7 Å². The molecule has 0 saturated carbocycles. The number of halogens is 1. The van der Waals surface area contributed by atoms with E-state index in [1.165, 1.54) is 28.6 Å². The summed E-state index contributed by atoms with van der Waals surface area (Å²) in [5.74, 6) is -0.327. The van der Waals surface area contributed by atoms with E-state index in [1.54, 1.807) is 6.92 Å². The number of esters is 1. The monoisotopic (exact) mass is 362 g/mol. The van der Waals surface area contributed by atoms with Crippen LogP contribution in [-0.4, -0.2) is 44.4 Å². The first-order valence-corrected chi connectivity index (χ1v) is 8.83. The Labute approximate surface area is 143 Å². The number of hydrogen-bond donors (Lipinski definition) is 1. The molecule has 1 aromatic carbocycles. The lowest BCUT2D eigenvalue weighted by molar-refractivity contribution is 0.0526. The lowest BCUT2D eigenvalue weighted by Crippen LogP contribution is -2.48. The minimum atomic E-state index is -3.55. The van der Waals surface area contributed by atoms with Crippen molar-refractivity contribution in [3.8, 4) is 0 Å². The Kier molecular flexibility index (Phi) is 7.01. The van der Waals surface area contributed by atoms with Crippen LogP contribution in [0.5, 0.6) is 0 Å². The van der Waals surface area contributed by atoms with Gasteiger partial charge in [-0.2, -0.15) is 4.31 Å². The number of carbonyl (C=O) groups excluding carboxylic acids is 1. The number of ether oxygens (including phenoxy) is 1. The smallest absolute Gasteiger partial charge is 0.338 e. The van der Waals surface area contributed by atoms with Gasteiger partial charge in [-0.25, -0.2) is 13.2 Å². The zero-order chi connectivity index (χ0) is 16.3. The van der Waals surface area contributed by atoms with Crippen LogP contribution in [-0.2, 0) is 14.8 Å². The first-order chi connectivity index (χ1) is 10.4. The van der Waals surface area contributed by atoms with Crippen molar-refractivity contribution >= 4 is 28.4 Å². The molecule has 1 aromatic rings. The molecule has 6 nitrogen and oxygen atoms in total. The maximum Gasteiger partial charge on any atom is 0.338 e. The molecule has 23 heavy (non-hydrogen) atoms.